The third-order valence-electron chi connectivity index (χ3n) is 5.61. The summed E-state index contributed by atoms with van der Waals surface area (Å²) < 4.78 is 15.0. The van der Waals surface area contributed by atoms with Gasteiger partial charge >= 0.3 is 0 Å². The zero-order valence-electron chi connectivity index (χ0n) is 15.1. The molecule has 5 rings (SSSR count). The number of para-hydroxylation sites is 1. The van der Waals surface area contributed by atoms with Crippen molar-refractivity contribution < 1.29 is 9.18 Å². The van der Waals surface area contributed by atoms with Gasteiger partial charge in [-0.1, -0.05) is 30.3 Å². The number of Topliss-reactive ketones (excluding diaryl/α,β-unsaturated/α-hetero) is 1. The normalized spacial score (nSPS) is 21.0. The van der Waals surface area contributed by atoms with Crippen molar-refractivity contribution in [1.29, 1.82) is 0 Å². The summed E-state index contributed by atoms with van der Waals surface area (Å²) in [7, 11) is 0. The summed E-state index contributed by atoms with van der Waals surface area (Å²) >= 11 is 0. The number of fused-ring (bicyclic) bond motifs is 2. The maximum absolute atomic E-state index is 13.5. The summed E-state index contributed by atoms with van der Waals surface area (Å²) in [5, 5.41) is 3.11. The molecule has 1 unspecified atom stereocenters. The summed E-state index contributed by atoms with van der Waals surface area (Å²) in [4.78, 5) is 30.8. The number of aromatic amines is 1. The molecule has 28 heavy (non-hydrogen) atoms. The molecule has 0 saturated heterocycles. The van der Waals surface area contributed by atoms with Crippen LogP contribution in [0.2, 0.25) is 0 Å². The minimum Gasteiger partial charge on any atom is -0.299 e. The fraction of sp³-hybridized carbons (Fsp3) is 0.227. The Balaban J connectivity index is 1.75. The highest BCUT2D eigenvalue weighted by Crippen LogP contribution is 2.43. The molecule has 1 aliphatic heterocycles. The molecule has 2 heterocycles. The molecule has 0 spiro atoms. The van der Waals surface area contributed by atoms with E-state index in [2.05, 4.69) is 10.1 Å². The highest BCUT2D eigenvalue weighted by Gasteiger charge is 2.43. The highest BCUT2D eigenvalue weighted by molar-refractivity contribution is 6.10. The van der Waals surface area contributed by atoms with E-state index in [1.807, 2.05) is 30.3 Å². The number of benzene rings is 2. The van der Waals surface area contributed by atoms with Gasteiger partial charge in [-0.15, -0.1) is 0 Å². The maximum atomic E-state index is 13.5. The number of carbonyl (C=O) groups is 1. The molecule has 140 valence electrons. The summed E-state index contributed by atoms with van der Waals surface area (Å²) in [6.07, 6.45) is 1.98. The van der Waals surface area contributed by atoms with E-state index < -0.39 is 11.8 Å². The Labute approximate surface area is 160 Å². The number of nitrogens with one attached hydrogen (secondary N) is 1. The monoisotopic (exact) mass is 375 g/mol. The minimum absolute atomic E-state index is 0.0943. The van der Waals surface area contributed by atoms with Crippen LogP contribution in [0.3, 0.4) is 0 Å². The van der Waals surface area contributed by atoms with Gasteiger partial charge in [-0.25, -0.2) is 14.1 Å². The summed E-state index contributed by atoms with van der Waals surface area (Å²) in [5.74, 6) is -0.676. The van der Waals surface area contributed by atoms with Gasteiger partial charge in [0.05, 0.1) is 17.2 Å². The van der Waals surface area contributed by atoms with Crippen molar-refractivity contribution in [3.05, 3.63) is 81.9 Å². The van der Waals surface area contributed by atoms with E-state index in [9.17, 15) is 14.0 Å². The molecule has 1 N–H and O–H groups in total. The maximum Gasteiger partial charge on any atom is 0.277 e. The van der Waals surface area contributed by atoms with Crippen molar-refractivity contribution in [3.63, 3.8) is 0 Å². The van der Waals surface area contributed by atoms with Crippen LogP contribution in [0.25, 0.3) is 5.69 Å². The first-order chi connectivity index (χ1) is 13.6. The lowest BCUT2D eigenvalue weighted by atomic mass is 9.70. The quantitative estimate of drug-likeness (QED) is 0.738. The minimum atomic E-state index is -0.459. The summed E-state index contributed by atoms with van der Waals surface area (Å²) in [6, 6.07) is 15.3. The van der Waals surface area contributed by atoms with Gasteiger partial charge in [0.1, 0.15) is 11.6 Å². The number of ketones is 1. The number of aliphatic imine (C=N–C) groups is 1. The molecule has 5 nitrogen and oxygen atoms in total. The molecular weight excluding hydrogens is 357 g/mol. The Morgan fingerprint density at radius 3 is 2.46 bits per heavy atom. The number of nitrogens with zero attached hydrogens (tertiary/aromatic N) is 2. The molecule has 2 atom stereocenters. The number of halogens is 1. The zero-order chi connectivity index (χ0) is 19.3. The largest absolute Gasteiger partial charge is 0.299 e. The zero-order valence-corrected chi connectivity index (χ0v) is 15.1. The van der Waals surface area contributed by atoms with Crippen molar-refractivity contribution in [2.24, 2.45) is 10.9 Å². The van der Waals surface area contributed by atoms with Crippen LogP contribution >= 0.6 is 0 Å². The van der Waals surface area contributed by atoms with Crippen molar-refractivity contribution in [2.45, 2.75) is 25.2 Å². The predicted octanol–water partition coefficient (Wildman–Crippen LogP) is 3.89. The molecular formula is C22H18FN3O2. The third kappa shape index (κ3) is 2.56. The molecule has 1 aliphatic carbocycles. The molecule has 1 aromatic heterocycles. The van der Waals surface area contributed by atoms with Crippen LogP contribution in [0.4, 0.5) is 10.2 Å². The first-order valence-corrected chi connectivity index (χ1v) is 9.39. The highest BCUT2D eigenvalue weighted by atomic mass is 19.1. The Kier molecular flexibility index (Phi) is 3.86. The molecule has 2 aromatic carbocycles. The van der Waals surface area contributed by atoms with Crippen LogP contribution in [-0.2, 0) is 4.79 Å². The second-order valence-electron chi connectivity index (χ2n) is 7.28. The summed E-state index contributed by atoms with van der Waals surface area (Å²) in [6.45, 7) is 0. The van der Waals surface area contributed by atoms with E-state index in [0.717, 1.165) is 24.1 Å². The van der Waals surface area contributed by atoms with Crippen molar-refractivity contribution in [1.82, 2.24) is 9.78 Å². The van der Waals surface area contributed by atoms with Gasteiger partial charge < -0.3 is 0 Å². The van der Waals surface area contributed by atoms with Crippen LogP contribution in [0.5, 0.6) is 0 Å². The number of carbonyl (C=O) groups excluding carboxylic acids is 1. The number of aromatic nitrogens is 2. The van der Waals surface area contributed by atoms with Crippen LogP contribution in [0.15, 0.2) is 64.4 Å². The van der Waals surface area contributed by atoms with E-state index in [1.165, 1.54) is 16.8 Å². The van der Waals surface area contributed by atoms with Gasteiger partial charge in [0.15, 0.2) is 5.82 Å². The smallest absolute Gasteiger partial charge is 0.277 e. The molecule has 1 saturated carbocycles. The van der Waals surface area contributed by atoms with E-state index in [1.54, 1.807) is 12.1 Å². The standard InChI is InChI=1S/C22H18FN3O2/c23-14-11-9-13(10-12-14)18-19-16(7-4-8-17(19)27)24-21-20(18)22(28)26(25-21)15-5-2-1-3-6-15/h1-3,5-6,9-12,18-19,25H,4,7-8H2/t18-,19?/m1/s1. The van der Waals surface area contributed by atoms with E-state index in [0.29, 0.717) is 23.5 Å². The molecule has 0 amide bonds. The van der Waals surface area contributed by atoms with E-state index in [4.69, 9.17) is 0 Å². The van der Waals surface area contributed by atoms with Crippen LogP contribution in [-0.4, -0.2) is 21.3 Å². The average Bonchev–Trinajstić information content (AvgIpc) is 3.04. The number of rotatable bonds is 2. The molecule has 0 bridgehead atoms. The second kappa shape index (κ2) is 6.41. The van der Waals surface area contributed by atoms with Crippen LogP contribution in [0.1, 0.15) is 36.3 Å². The van der Waals surface area contributed by atoms with Gasteiger partial charge in [0, 0.05) is 18.1 Å². The third-order valence-corrected chi connectivity index (χ3v) is 5.61. The van der Waals surface area contributed by atoms with Crippen molar-refractivity contribution in [3.8, 4) is 5.69 Å². The van der Waals surface area contributed by atoms with Gasteiger partial charge in [0.25, 0.3) is 5.56 Å². The first kappa shape index (κ1) is 16.9. The molecule has 2 aliphatic rings. The first-order valence-electron chi connectivity index (χ1n) is 9.39. The summed E-state index contributed by atoms with van der Waals surface area (Å²) in [5.41, 5.74) is 2.51. The lowest BCUT2D eigenvalue weighted by Crippen LogP contribution is -2.38. The topological polar surface area (TPSA) is 67.2 Å². The lowest BCUT2D eigenvalue weighted by molar-refractivity contribution is -0.121. The van der Waals surface area contributed by atoms with Crippen molar-refractivity contribution in [2.75, 3.05) is 0 Å². The van der Waals surface area contributed by atoms with Gasteiger partial charge in [-0.3, -0.25) is 14.7 Å². The average molecular weight is 375 g/mol. The lowest BCUT2D eigenvalue weighted by Gasteiger charge is -2.33. The Morgan fingerprint density at radius 2 is 1.71 bits per heavy atom. The van der Waals surface area contributed by atoms with Crippen LogP contribution < -0.4 is 5.56 Å². The molecule has 1 fully saturated rings. The number of hydrogen-bond donors (Lipinski definition) is 1. The van der Waals surface area contributed by atoms with Gasteiger partial charge in [-0.05, 0) is 42.7 Å². The Morgan fingerprint density at radius 1 is 0.964 bits per heavy atom. The molecule has 0 radical (unpaired) electrons. The predicted molar refractivity (Wildman–Crippen MR) is 104 cm³/mol. The Bertz CT molecular complexity index is 1140. The fourth-order valence-corrected chi connectivity index (χ4v) is 4.35. The van der Waals surface area contributed by atoms with E-state index >= 15 is 0 Å². The van der Waals surface area contributed by atoms with Gasteiger partial charge in [-0.2, -0.15) is 0 Å². The van der Waals surface area contributed by atoms with Crippen molar-refractivity contribution >= 4 is 17.3 Å². The van der Waals surface area contributed by atoms with Crippen LogP contribution in [0, 0.1) is 11.7 Å². The second-order valence-corrected chi connectivity index (χ2v) is 7.28. The van der Waals surface area contributed by atoms with E-state index in [-0.39, 0.29) is 17.2 Å². The van der Waals surface area contributed by atoms with Gasteiger partial charge in [0.2, 0.25) is 0 Å². The fourth-order valence-electron chi connectivity index (χ4n) is 4.35. The number of hydrogen-bond acceptors (Lipinski definition) is 3. The molecule has 6 heteroatoms. The SMILES string of the molecule is O=C1CCCC2=Nc3[nH]n(-c4ccccc4)c(=O)c3[C@H](c3ccc(F)cc3)C12. The molecule has 3 aromatic rings. The number of H-pyrrole nitrogens is 1. The Hall–Kier alpha value is -3.28.